The highest BCUT2D eigenvalue weighted by Gasteiger charge is 2.23. The van der Waals surface area contributed by atoms with Crippen molar-refractivity contribution in [2.24, 2.45) is 17.4 Å². The highest BCUT2D eigenvalue weighted by atomic mass is 16.6. The van der Waals surface area contributed by atoms with Gasteiger partial charge in [0.25, 0.3) is 5.69 Å². The van der Waals surface area contributed by atoms with Crippen molar-refractivity contribution in [2.45, 2.75) is 51.6 Å². The van der Waals surface area contributed by atoms with Crippen molar-refractivity contribution in [3.63, 3.8) is 0 Å². The van der Waals surface area contributed by atoms with E-state index in [4.69, 9.17) is 22.3 Å². The molecule has 1 aromatic rings. The number of nitrogens with two attached hydrogens (primary N) is 3. The number of hydrogen-bond acceptors (Lipinski definition) is 7. The average Bonchev–Trinajstić information content (AvgIpc) is 2.61. The Morgan fingerprint density at radius 1 is 1.21 bits per heavy atom. The van der Waals surface area contributed by atoms with E-state index in [1.807, 2.05) is 13.8 Å². The van der Waals surface area contributed by atoms with Crippen LogP contribution in [-0.4, -0.2) is 40.5 Å². The average molecular weight is 397 g/mol. The summed E-state index contributed by atoms with van der Waals surface area (Å²) < 4.78 is 0. The molecule has 0 heterocycles. The van der Waals surface area contributed by atoms with Gasteiger partial charge in [-0.05, 0) is 50.3 Å². The molecule has 0 saturated carbocycles. The van der Waals surface area contributed by atoms with Gasteiger partial charge in [-0.2, -0.15) is 0 Å². The van der Waals surface area contributed by atoms with Gasteiger partial charge in [-0.3, -0.25) is 14.9 Å². The van der Waals surface area contributed by atoms with Crippen LogP contribution < -0.4 is 22.5 Å². The monoisotopic (exact) mass is 397 g/mol. The number of nitrogens with zero attached hydrogens (tertiary/aromatic N) is 1. The van der Waals surface area contributed by atoms with Gasteiger partial charge in [0.15, 0.2) is 0 Å². The fourth-order valence-electron chi connectivity index (χ4n) is 2.24. The summed E-state index contributed by atoms with van der Waals surface area (Å²) in [6, 6.07) is 4.21. The number of non-ortho nitro benzene ring substituents is 1. The number of nitrogens with one attached hydrogen (secondary N) is 1. The summed E-state index contributed by atoms with van der Waals surface area (Å²) in [7, 11) is 0. The van der Waals surface area contributed by atoms with Gasteiger partial charge in [-0.25, -0.2) is 4.79 Å². The standard InChI is InChI=1S/C12H25N3O3.C6H6N2O2/c1-8(2)7-9(14)11(16)15-10(12(17)18)5-3-4-6-13;7-5-1-3-6(4-2-5)8(9)10/h8-10H,3-7,13-14H2,1-2H3,(H,15,16)(H,17,18);1-4H,7H2/t9-,10-;/m0./s1. The lowest BCUT2D eigenvalue weighted by Gasteiger charge is -2.18. The fourth-order valence-corrected chi connectivity index (χ4v) is 2.24. The van der Waals surface area contributed by atoms with Crippen molar-refractivity contribution < 1.29 is 19.6 Å². The Hall–Kier alpha value is -2.72. The molecule has 0 radical (unpaired) electrons. The Kier molecular flexibility index (Phi) is 12.1. The maximum atomic E-state index is 11.7. The number of carbonyl (C=O) groups excluding carboxylic acids is 1. The van der Waals surface area contributed by atoms with Crippen LogP contribution in [0.1, 0.15) is 39.5 Å². The van der Waals surface area contributed by atoms with Crippen molar-refractivity contribution in [3.05, 3.63) is 34.4 Å². The van der Waals surface area contributed by atoms with Gasteiger partial charge in [0, 0.05) is 17.8 Å². The summed E-state index contributed by atoms with van der Waals surface area (Å²) in [4.78, 5) is 32.3. The number of hydrogen-bond donors (Lipinski definition) is 5. The highest BCUT2D eigenvalue weighted by Crippen LogP contribution is 2.12. The number of rotatable bonds is 10. The number of aliphatic carboxylic acids is 1. The molecule has 0 aromatic heterocycles. The van der Waals surface area contributed by atoms with Crippen LogP contribution in [0.15, 0.2) is 24.3 Å². The molecular weight excluding hydrogens is 366 g/mol. The lowest BCUT2D eigenvalue weighted by Crippen LogP contribution is -2.48. The van der Waals surface area contributed by atoms with E-state index < -0.39 is 28.9 Å². The first-order valence-electron chi connectivity index (χ1n) is 9.07. The summed E-state index contributed by atoms with van der Waals surface area (Å²) in [6.07, 6.45) is 2.35. The molecule has 0 spiro atoms. The van der Waals surface area contributed by atoms with Crippen LogP contribution in [-0.2, 0) is 9.59 Å². The van der Waals surface area contributed by atoms with Crippen LogP contribution in [0.4, 0.5) is 11.4 Å². The number of carbonyl (C=O) groups is 2. The molecule has 8 N–H and O–H groups in total. The Balaban J connectivity index is 0.000000609. The Bertz CT molecular complexity index is 621. The third kappa shape index (κ3) is 11.1. The van der Waals surface area contributed by atoms with Gasteiger partial charge in [-0.1, -0.05) is 13.8 Å². The third-order valence-corrected chi connectivity index (χ3v) is 3.73. The topological polar surface area (TPSA) is 188 Å². The number of amides is 1. The van der Waals surface area contributed by atoms with Crippen LogP contribution in [0.3, 0.4) is 0 Å². The van der Waals surface area contributed by atoms with Gasteiger partial charge >= 0.3 is 5.97 Å². The second-order valence-electron chi connectivity index (χ2n) is 6.77. The zero-order valence-corrected chi connectivity index (χ0v) is 16.3. The molecule has 0 aliphatic heterocycles. The van der Waals surface area contributed by atoms with Crippen LogP contribution in [0.2, 0.25) is 0 Å². The Labute approximate surface area is 164 Å². The van der Waals surface area contributed by atoms with E-state index in [0.717, 1.165) is 6.42 Å². The summed E-state index contributed by atoms with van der Waals surface area (Å²) >= 11 is 0. The minimum Gasteiger partial charge on any atom is -0.480 e. The normalized spacial score (nSPS) is 12.5. The van der Waals surface area contributed by atoms with Gasteiger partial charge in [-0.15, -0.1) is 0 Å². The molecule has 10 heteroatoms. The van der Waals surface area contributed by atoms with E-state index in [9.17, 15) is 19.7 Å². The number of nitro groups is 1. The van der Waals surface area contributed by atoms with E-state index in [0.29, 0.717) is 37.4 Å². The van der Waals surface area contributed by atoms with Gasteiger partial charge < -0.3 is 27.6 Å². The summed E-state index contributed by atoms with van der Waals surface area (Å²) in [6.45, 7) is 4.44. The number of nitro benzene ring substituents is 1. The zero-order chi connectivity index (χ0) is 21.7. The molecule has 28 heavy (non-hydrogen) atoms. The maximum absolute atomic E-state index is 11.7. The fraction of sp³-hybridized carbons (Fsp3) is 0.556. The molecule has 0 aliphatic carbocycles. The number of nitrogen functional groups attached to an aromatic ring is 1. The van der Waals surface area contributed by atoms with Crippen molar-refractivity contribution >= 4 is 23.3 Å². The second kappa shape index (κ2) is 13.4. The number of carboxylic acids is 1. The lowest BCUT2D eigenvalue weighted by molar-refractivity contribution is -0.384. The van der Waals surface area contributed by atoms with Crippen LogP contribution in [0, 0.1) is 16.0 Å². The van der Waals surface area contributed by atoms with Crippen molar-refractivity contribution in [1.29, 1.82) is 0 Å². The second-order valence-corrected chi connectivity index (χ2v) is 6.77. The molecule has 0 unspecified atom stereocenters. The van der Waals surface area contributed by atoms with Crippen LogP contribution in [0.25, 0.3) is 0 Å². The number of benzene rings is 1. The quantitative estimate of drug-likeness (QED) is 0.169. The van der Waals surface area contributed by atoms with Gasteiger partial charge in [0.2, 0.25) is 5.91 Å². The molecule has 10 nitrogen and oxygen atoms in total. The predicted molar refractivity (Wildman–Crippen MR) is 107 cm³/mol. The maximum Gasteiger partial charge on any atom is 0.326 e. The summed E-state index contributed by atoms with van der Waals surface area (Å²) in [5.41, 5.74) is 16.9. The molecule has 0 bridgehead atoms. The zero-order valence-electron chi connectivity index (χ0n) is 16.3. The van der Waals surface area contributed by atoms with Crippen LogP contribution in [0.5, 0.6) is 0 Å². The molecule has 1 rings (SSSR count). The number of unbranched alkanes of at least 4 members (excludes halogenated alkanes) is 1. The first-order valence-corrected chi connectivity index (χ1v) is 9.07. The summed E-state index contributed by atoms with van der Waals surface area (Å²) in [5.74, 6) is -1.13. The molecule has 1 aromatic carbocycles. The highest BCUT2D eigenvalue weighted by molar-refractivity contribution is 5.86. The minimum absolute atomic E-state index is 0.0641. The molecule has 1 amide bonds. The third-order valence-electron chi connectivity index (χ3n) is 3.73. The van der Waals surface area contributed by atoms with E-state index in [-0.39, 0.29) is 5.69 Å². The molecule has 0 aliphatic rings. The first-order chi connectivity index (χ1) is 13.1. The van der Waals surface area contributed by atoms with Gasteiger partial charge in [0.05, 0.1) is 11.0 Å². The van der Waals surface area contributed by atoms with Gasteiger partial charge in [0.1, 0.15) is 6.04 Å². The summed E-state index contributed by atoms with van der Waals surface area (Å²) in [5, 5.41) is 21.6. The van der Waals surface area contributed by atoms with E-state index in [1.165, 1.54) is 24.3 Å². The smallest absolute Gasteiger partial charge is 0.326 e. The number of carboxylic acid groups (broad SMARTS) is 1. The molecule has 2 atom stereocenters. The Morgan fingerprint density at radius 2 is 1.79 bits per heavy atom. The molecule has 0 saturated heterocycles. The first kappa shape index (κ1) is 25.3. The van der Waals surface area contributed by atoms with E-state index in [1.54, 1.807) is 0 Å². The van der Waals surface area contributed by atoms with Crippen molar-refractivity contribution in [3.8, 4) is 0 Å². The lowest BCUT2D eigenvalue weighted by atomic mass is 10.0. The van der Waals surface area contributed by atoms with Crippen molar-refractivity contribution in [1.82, 2.24) is 5.32 Å². The Morgan fingerprint density at radius 3 is 2.21 bits per heavy atom. The molecule has 158 valence electrons. The van der Waals surface area contributed by atoms with Crippen molar-refractivity contribution in [2.75, 3.05) is 12.3 Å². The molecular formula is C18H31N5O5. The SMILES string of the molecule is CC(C)C[C@H](N)C(=O)N[C@@H](CCCCN)C(=O)O.Nc1ccc([N+](=O)[O-])cc1. The van der Waals surface area contributed by atoms with E-state index in [2.05, 4.69) is 5.32 Å². The van der Waals surface area contributed by atoms with Crippen LogP contribution >= 0.6 is 0 Å². The number of anilines is 1. The minimum atomic E-state index is -1.03. The molecule has 0 fully saturated rings. The van der Waals surface area contributed by atoms with E-state index >= 15 is 0 Å². The largest absolute Gasteiger partial charge is 0.480 e. The predicted octanol–water partition coefficient (Wildman–Crippen LogP) is 1.24.